The minimum atomic E-state index is -0.285. The van der Waals surface area contributed by atoms with E-state index in [2.05, 4.69) is 10.2 Å². The van der Waals surface area contributed by atoms with Gasteiger partial charge in [-0.2, -0.15) is 0 Å². The standard InChI is InChI=1S/C17H22ClN3O3/c18-14-3-1-2-13(10-14)17(23)19-11-16(22)21-7-5-20(6-8-21)15-4-9-24-12-15/h1-3,10,15H,4-9,11-12H2,(H,19,23). The quantitative estimate of drug-likeness (QED) is 0.879. The summed E-state index contributed by atoms with van der Waals surface area (Å²) in [5.74, 6) is -0.333. The molecule has 1 aromatic carbocycles. The Morgan fingerprint density at radius 2 is 2.04 bits per heavy atom. The molecule has 0 saturated carbocycles. The molecule has 7 heteroatoms. The molecule has 1 atom stereocenters. The van der Waals surface area contributed by atoms with E-state index in [4.69, 9.17) is 16.3 Å². The molecule has 1 unspecified atom stereocenters. The topological polar surface area (TPSA) is 61.9 Å². The summed E-state index contributed by atoms with van der Waals surface area (Å²) in [5, 5.41) is 3.17. The molecule has 1 N–H and O–H groups in total. The third-order valence-corrected chi connectivity index (χ3v) is 4.81. The normalized spacial score (nSPS) is 21.7. The van der Waals surface area contributed by atoms with Crippen molar-refractivity contribution in [2.75, 3.05) is 45.9 Å². The number of hydrogen-bond donors (Lipinski definition) is 1. The second kappa shape index (κ2) is 7.96. The molecule has 1 aromatic rings. The lowest BCUT2D eigenvalue weighted by Crippen LogP contribution is -2.53. The fourth-order valence-electron chi connectivity index (χ4n) is 3.15. The molecule has 2 heterocycles. The molecule has 2 fully saturated rings. The summed E-state index contributed by atoms with van der Waals surface area (Å²) in [6.45, 7) is 4.76. The molecule has 0 aromatic heterocycles. The van der Waals surface area contributed by atoms with Gasteiger partial charge in [-0.05, 0) is 24.6 Å². The molecule has 2 amide bonds. The summed E-state index contributed by atoms with van der Waals surface area (Å²) in [6.07, 6.45) is 1.07. The van der Waals surface area contributed by atoms with Crippen LogP contribution in [-0.4, -0.2) is 73.6 Å². The zero-order valence-corrected chi connectivity index (χ0v) is 14.3. The van der Waals surface area contributed by atoms with Crippen molar-refractivity contribution in [1.29, 1.82) is 0 Å². The van der Waals surface area contributed by atoms with E-state index in [9.17, 15) is 9.59 Å². The number of hydrogen-bond acceptors (Lipinski definition) is 4. The first-order valence-corrected chi connectivity index (χ1v) is 8.64. The van der Waals surface area contributed by atoms with Crippen molar-refractivity contribution in [3.63, 3.8) is 0 Å². The van der Waals surface area contributed by atoms with Crippen molar-refractivity contribution in [3.8, 4) is 0 Å². The largest absolute Gasteiger partial charge is 0.380 e. The average Bonchev–Trinajstić information content (AvgIpc) is 3.14. The van der Waals surface area contributed by atoms with Crippen molar-refractivity contribution < 1.29 is 14.3 Å². The van der Waals surface area contributed by atoms with Crippen molar-refractivity contribution >= 4 is 23.4 Å². The first kappa shape index (κ1) is 17.2. The maximum absolute atomic E-state index is 12.3. The number of nitrogens with zero attached hydrogens (tertiary/aromatic N) is 2. The Balaban J connectivity index is 1.43. The predicted octanol–water partition coefficient (Wildman–Crippen LogP) is 1.00. The number of piperazine rings is 1. The van der Waals surface area contributed by atoms with Gasteiger partial charge in [0.05, 0.1) is 13.2 Å². The predicted molar refractivity (Wildman–Crippen MR) is 91.2 cm³/mol. The van der Waals surface area contributed by atoms with Crippen LogP contribution in [0.5, 0.6) is 0 Å². The van der Waals surface area contributed by atoms with Crippen LogP contribution in [0.3, 0.4) is 0 Å². The highest BCUT2D eigenvalue weighted by molar-refractivity contribution is 6.30. The average molecular weight is 352 g/mol. The molecular formula is C17H22ClN3O3. The Bertz CT molecular complexity index is 596. The lowest BCUT2D eigenvalue weighted by Gasteiger charge is -2.37. The summed E-state index contributed by atoms with van der Waals surface area (Å²) in [7, 11) is 0. The molecule has 6 nitrogen and oxygen atoms in total. The molecule has 2 aliphatic rings. The van der Waals surface area contributed by atoms with E-state index in [1.165, 1.54) is 0 Å². The van der Waals surface area contributed by atoms with E-state index < -0.39 is 0 Å². The van der Waals surface area contributed by atoms with Crippen LogP contribution in [0.2, 0.25) is 5.02 Å². The second-order valence-electron chi connectivity index (χ2n) is 6.13. The highest BCUT2D eigenvalue weighted by Gasteiger charge is 2.28. The maximum Gasteiger partial charge on any atom is 0.251 e. The zero-order valence-electron chi connectivity index (χ0n) is 13.5. The summed E-state index contributed by atoms with van der Waals surface area (Å²) in [6, 6.07) is 7.17. The molecular weight excluding hydrogens is 330 g/mol. The molecule has 3 rings (SSSR count). The van der Waals surface area contributed by atoms with Crippen LogP contribution in [0, 0.1) is 0 Å². The van der Waals surface area contributed by atoms with Crippen LogP contribution in [0.4, 0.5) is 0 Å². The number of ether oxygens (including phenoxy) is 1. The Labute approximate surface area is 146 Å². The molecule has 2 aliphatic heterocycles. The molecule has 2 saturated heterocycles. The van der Waals surface area contributed by atoms with Crippen molar-refractivity contribution in [2.24, 2.45) is 0 Å². The van der Waals surface area contributed by atoms with Crippen LogP contribution in [0.1, 0.15) is 16.8 Å². The van der Waals surface area contributed by atoms with Crippen LogP contribution < -0.4 is 5.32 Å². The lowest BCUT2D eigenvalue weighted by molar-refractivity contribution is -0.132. The highest BCUT2D eigenvalue weighted by atomic mass is 35.5. The second-order valence-corrected chi connectivity index (χ2v) is 6.56. The van der Waals surface area contributed by atoms with E-state index in [1.54, 1.807) is 24.3 Å². The van der Waals surface area contributed by atoms with E-state index in [0.717, 1.165) is 32.7 Å². The summed E-state index contributed by atoms with van der Waals surface area (Å²) in [5.41, 5.74) is 0.460. The molecule has 0 spiro atoms. The van der Waals surface area contributed by atoms with Gasteiger partial charge in [-0.15, -0.1) is 0 Å². The van der Waals surface area contributed by atoms with Gasteiger partial charge in [0, 0.05) is 49.4 Å². The van der Waals surface area contributed by atoms with Gasteiger partial charge in [-0.3, -0.25) is 14.5 Å². The number of halogens is 1. The maximum atomic E-state index is 12.3. The van der Waals surface area contributed by atoms with Gasteiger partial charge in [0.15, 0.2) is 0 Å². The first-order valence-electron chi connectivity index (χ1n) is 8.27. The lowest BCUT2D eigenvalue weighted by atomic mass is 10.2. The molecule has 0 bridgehead atoms. The van der Waals surface area contributed by atoms with Gasteiger partial charge in [-0.1, -0.05) is 17.7 Å². The number of carbonyl (C=O) groups excluding carboxylic acids is 2. The van der Waals surface area contributed by atoms with Crippen molar-refractivity contribution in [3.05, 3.63) is 34.9 Å². The Morgan fingerprint density at radius 3 is 2.71 bits per heavy atom. The van der Waals surface area contributed by atoms with Crippen LogP contribution in [0.15, 0.2) is 24.3 Å². The Kier molecular flexibility index (Phi) is 5.71. The number of carbonyl (C=O) groups is 2. The van der Waals surface area contributed by atoms with Crippen molar-refractivity contribution in [1.82, 2.24) is 15.1 Å². The molecule has 24 heavy (non-hydrogen) atoms. The van der Waals surface area contributed by atoms with E-state index in [-0.39, 0.29) is 18.4 Å². The Hall–Kier alpha value is -1.63. The third kappa shape index (κ3) is 4.26. The van der Waals surface area contributed by atoms with E-state index in [0.29, 0.717) is 29.7 Å². The van der Waals surface area contributed by atoms with E-state index in [1.807, 2.05) is 4.90 Å². The minimum absolute atomic E-state index is 0.0118. The van der Waals surface area contributed by atoms with Crippen molar-refractivity contribution in [2.45, 2.75) is 12.5 Å². The SMILES string of the molecule is O=C(NCC(=O)N1CCN(C2CCOC2)CC1)c1cccc(Cl)c1. The third-order valence-electron chi connectivity index (χ3n) is 4.58. The first-order chi connectivity index (χ1) is 11.6. The van der Waals surface area contributed by atoms with Gasteiger partial charge in [0.25, 0.3) is 5.91 Å². The van der Waals surface area contributed by atoms with Gasteiger partial charge >= 0.3 is 0 Å². The van der Waals surface area contributed by atoms with Gasteiger partial charge < -0.3 is 15.0 Å². The molecule has 0 aliphatic carbocycles. The fraction of sp³-hybridized carbons (Fsp3) is 0.529. The number of amides is 2. The molecule has 130 valence electrons. The smallest absolute Gasteiger partial charge is 0.251 e. The summed E-state index contributed by atoms with van der Waals surface area (Å²) < 4.78 is 5.42. The zero-order chi connectivity index (χ0) is 16.9. The van der Waals surface area contributed by atoms with E-state index >= 15 is 0 Å². The number of rotatable bonds is 4. The van der Waals surface area contributed by atoms with Gasteiger partial charge in [0.2, 0.25) is 5.91 Å². The highest BCUT2D eigenvalue weighted by Crippen LogP contribution is 2.15. The fourth-order valence-corrected chi connectivity index (χ4v) is 3.34. The van der Waals surface area contributed by atoms with Crippen LogP contribution >= 0.6 is 11.6 Å². The minimum Gasteiger partial charge on any atom is -0.380 e. The van der Waals surface area contributed by atoms with Gasteiger partial charge in [-0.25, -0.2) is 0 Å². The van der Waals surface area contributed by atoms with Crippen LogP contribution in [0.25, 0.3) is 0 Å². The number of nitrogens with one attached hydrogen (secondary N) is 1. The monoisotopic (exact) mass is 351 g/mol. The Morgan fingerprint density at radius 1 is 1.25 bits per heavy atom. The summed E-state index contributed by atoms with van der Waals surface area (Å²) in [4.78, 5) is 28.5. The van der Waals surface area contributed by atoms with Gasteiger partial charge in [0.1, 0.15) is 0 Å². The molecule has 0 radical (unpaired) electrons. The number of benzene rings is 1. The van der Waals surface area contributed by atoms with Crippen LogP contribution in [-0.2, 0) is 9.53 Å². The summed E-state index contributed by atoms with van der Waals surface area (Å²) >= 11 is 5.87.